The SMILES string of the molecule is CC(C)Oc1ccccc1C(=O)CCN. The molecule has 0 saturated heterocycles. The van der Waals surface area contributed by atoms with Crippen molar-refractivity contribution in [3.63, 3.8) is 0 Å². The van der Waals surface area contributed by atoms with Gasteiger partial charge in [-0.15, -0.1) is 0 Å². The number of ether oxygens (including phenoxy) is 1. The van der Waals surface area contributed by atoms with Crippen LogP contribution in [-0.4, -0.2) is 18.4 Å². The Bertz CT molecular complexity index is 334. The standard InChI is InChI=1S/C12H17NO2/c1-9(2)15-12-6-4-3-5-10(12)11(14)7-8-13/h3-6,9H,7-8,13H2,1-2H3. The predicted octanol–water partition coefficient (Wildman–Crippen LogP) is 2.01. The third-order valence-corrected chi connectivity index (χ3v) is 1.92. The first-order chi connectivity index (χ1) is 7.15. The van der Waals surface area contributed by atoms with Gasteiger partial charge in [-0.05, 0) is 32.5 Å². The summed E-state index contributed by atoms with van der Waals surface area (Å²) >= 11 is 0. The molecule has 0 aliphatic rings. The third-order valence-electron chi connectivity index (χ3n) is 1.92. The number of para-hydroxylation sites is 1. The van der Waals surface area contributed by atoms with Crippen LogP contribution in [0.15, 0.2) is 24.3 Å². The maximum atomic E-state index is 11.7. The minimum absolute atomic E-state index is 0.0359. The van der Waals surface area contributed by atoms with Gasteiger partial charge in [0.25, 0.3) is 0 Å². The van der Waals surface area contributed by atoms with Gasteiger partial charge in [-0.1, -0.05) is 12.1 Å². The largest absolute Gasteiger partial charge is 0.490 e. The summed E-state index contributed by atoms with van der Waals surface area (Å²) in [5, 5.41) is 0. The molecule has 0 aliphatic heterocycles. The Kier molecular flexibility index (Phi) is 4.31. The van der Waals surface area contributed by atoms with Crippen molar-refractivity contribution in [2.24, 2.45) is 5.73 Å². The lowest BCUT2D eigenvalue weighted by atomic mass is 10.1. The van der Waals surface area contributed by atoms with E-state index in [0.717, 1.165) is 0 Å². The van der Waals surface area contributed by atoms with Crippen LogP contribution in [0.5, 0.6) is 5.75 Å². The maximum absolute atomic E-state index is 11.7. The first kappa shape index (κ1) is 11.7. The zero-order chi connectivity index (χ0) is 11.3. The highest BCUT2D eigenvalue weighted by atomic mass is 16.5. The van der Waals surface area contributed by atoms with E-state index in [1.807, 2.05) is 32.0 Å². The van der Waals surface area contributed by atoms with Crippen LogP contribution in [0.2, 0.25) is 0 Å². The molecule has 0 heterocycles. The van der Waals surface area contributed by atoms with Crippen LogP contribution in [-0.2, 0) is 0 Å². The van der Waals surface area contributed by atoms with Gasteiger partial charge in [0.2, 0.25) is 0 Å². The third kappa shape index (κ3) is 3.36. The maximum Gasteiger partial charge on any atom is 0.167 e. The van der Waals surface area contributed by atoms with Crippen LogP contribution < -0.4 is 10.5 Å². The van der Waals surface area contributed by atoms with Crippen LogP contribution in [0.3, 0.4) is 0 Å². The van der Waals surface area contributed by atoms with Crippen molar-refractivity contribution in [3.05, 3.63) is 29.8 Å². The van der Waals surface area contributed by atoms with Gasteiger partial charge in [-0.2, -0.15) is 0 Å². The van der Waals surface area contributed by atoms with Crippen LogP contribution in [0.25, 0.3) is 0 Å². The average Bonchev–Trinajstić information content (AvgIpc) is 2.18. The molecule has 0 amide bonds. The Morgan fingerprint density at radius 2 is 2.07 bits per heavy atom. The monoisotopic (exact) mass is 207 g/mol. The zero-order valence-corrected chi connectivity index (χ0v) is 9.19. The molecule has 3 heteroatoms. The topological polar surface area (TPSA) is 52.3 Å². The first-order valence-electron chi connectivity index (χ1n) is 5.14. The number of ketones is 1. The minimum Gasteiger partial charge on any atom is -0.490 e. The van der Waals surface area contributed by atoms with Gasteiger partial charge in [-0.3, -0.25) is 4.79 Å². The zero-order valence-electron chi connectivity index (χ0n) is 9.19. The fourth-order valence-corrected chi connectivity index (χ4v) is 1.32. The lowest BCUT2D eigenvalue weighted by Crippen LogP contribution is -2.12. The highest BCUT2D eigenvalue weighted by Crippen LogP contribution is 2.20. The van der Waals surface area contributed by atoms with Crippen molar-refractivity contribution in [3.8, 4) is 5.75 Å². The van der Waals surface area contributed by atoms with E-state index in [0.29, 0.717) is 24.3 Å². The van der Waals surface area contributed by atoms with Crippen LogP contribution in [0.1, 0.15) is 30.6 Å². The molecule has 0 bridgehead atoms. The Hall–Kier alpha value is -1.35. The summed E-state index contributed by atoms with van der Waals surface area (Å²) in [4.78, 5) is 11.7. The summed E-state index contributed by atoms with van der Waals surface area (Å²) in [5.74, 6) is 0.680. The molecule has 1 aromatic carbocycles. The van der Waals surface area contributed by atoms with Gasteiger partial charge in [-0.25, -0.2) is 0 Å². The van der Waals surface area contributed by atoms with E-state index in [1.54, 1.807) is 6.07 Å². The van der Waals surface area contributed by atoms with E-state index in [-0.39, 0.29) is 11.9 Å². The second-order valence-corrected chi connectivity index (χ2v) is 3.62. The van der Waals surface area contributed by atoms with E-state index in [9.17, 15) is 4.79 Å². The highest BCUT2D eigenvalue weighted by molar-refractivity contribution is 5.98. The molecule has 1 aromatic rings. The Labute approximate surface area is 90.2 Å². The molecular weight excluding hydrogens is 190 g/mol. The number of carbonyl (C=O) groups excluding carboxylic acids is 1. The molecule has 0 unspecified atom stereocenters. The number of nitrogens with two attached hydrogens (primary N) is 1. The van der Waals surface area contributed by atoms with E-state index in [2.05, 4.69) is 0 Å². The van der Waals surface area contributed by atoms with Gasteiger partial charge in [0.05, 0.1) is 11.7 Å². The summed E-state index contributed by atoms with van der Waals surface area (Å²) in [5.41, 5.74) is 5.98. The van der Waals surface area contributed by atoms with Crippen molar-refractivity contribution in [2.75, 3.05) is 6.54 Å². The van der Waals surface area contributed by atoms with Crippen molar-refractivity contribution < 1.29 is 9.53 Å². The molecule has 2 N–H and O–H groups in total. The number of hydrogen-bond acceptors (Lipinski definition) is 3. The molecule has 15 heavy (non-hydrogen) atoms. The molecule has 0 fully saturated rings. The second kappa shape index (κ2) is 5.51. The number of benzene rings is 1. The van der Waals surface area contributed by atoms with Crippen LogP contribution in [0, 0.1) is 0 Å². The van der Waals surface area contributed by atoms with Crippen molar-refractivity contribution in [2.45, 2.75) is 26.4 Å². The van der Waals surface area contributed by atoms with E-state index in [1.165, 1.54) is 0 Å². The summed E-state index contributed by atoms with van der Waals surface area (Å²) in [7, 11) is 0. The molecule has 82 valence electrons. The molecule has 0 aromatic heterocycles. The summed E-state index contributed by atoms with van der Waals surface area (Å²) in [6, 6.07) is 7.27. The molecular formula is C12H17NO2. The molecule has 0 aliphatic carbocycles. The lowest BCUT2D eigenvalue weighted by Gasteiger charge is -2.13. The first-order valence-corrected chi connectivity index (χ1v) is 5.14. The molecule has 3 nitrogen and oxygen atoms in total. The molecule has 0 spiro atoms. The number of rotatable bonds is 5. The van der Waals surface area contributed by atoms with Crippen LogP contribution in [0.4, 0.5) is 0 Å². The van der Waals surface area contributed by atoms with Gasteiger partial charge >= 0.3 is 0 Å². The fraction of sp³-hybridized carbons (Fsp3) is 0.417. The fourth-order valence-electron chi connectivity index (χ4n) is 1.32. The summed E-state index contributed by atoms with van der Waals surface area (Å²) in [6.07, 6.45) is 0.426. The van der Waals surface area contributed by atoms with Gasteiger partial charge in [0.1, 0.15) is 5.75 Å². The average molecular weight is 207 g/mol. The molecule has 0 saturated carbocycles. The molecule has 0 radical (unpaired) electrons. The Morgan fingerprint density at radius 1 is 1.40 bits per heavy atom. The van der Waals surface area contributed by atoms with Gasteiger partial charge in [0.15, 0.2) is 5.78 Å². The summed E-state index contributed by atoms with van der Waals surface area (Å²) in [6.45, 7) is 4.24. The van der Waals surface area contributed by atoms with Crippen molar-refractivity contribution >= 4 is 5.78 Å². The van der Waals surface area contributed by atoms with Gasteiger partial charge < -0.3 is 10.5 Å². The second-order valence-electron chi connectivity index (χ2n) is 3.62. The van der Waals surface area contributed by atoms with E-state index < -0.39 is 0 Å². The molecule has 0 atom stereocenters. The Morgan fingerprint density at radius 3 is 2.67 bits per heavy atom. The van der Waals surface area contributed by atoms with E-state index in [4.69, 9.17) is 10.5 Å². The van der Waals surface area contributed by atoms with Gasteiger partial charge in [0, 0.05) is 6.42 Å². The number of Topliss-reactive ketones (excluding diaryl/α,β-unsaturated/α-hetero) is 1. The van der Waals surface area contributed by atoms with Crippen molar-refractivity contribution in [1.82, 2.24) is 0 Å². The number of hydrogen-bond donors (Lipinski definition) is 1. The highest BCUT2D eigenvalue weighted by Gasteiger charge is 2.11. The number of carbonyl (C=O) groups is 1. The minimum atomic E-state index is 0.0359. The summed E-state index contributed by atoms with van der Waals surface area (Å²) < 4.78 is 5.55. The van der Waals surface area contributed by atoms with Crippen molar-refractivity contribution in [1.29, 1.82) is 0 Å². The van der Waals surface area contributed by atoms with Crippen LogP contribution >= 0.6 is 0 Å². The molecule has 1 rings (SSSR count). The quantitative estimate of drug-likeness (QED) is 0.751. The normalized spacial score (nSPS) is 10.4. The smallest absolute Gasteiger partial charge is 0.167 e. The lowest BCUT2D eigenvalue weighted by molar-refractivity contribution is 0.0979. The van der Waals surface area contributed by atoms with E-state index >= 15 is 0 Å². The Balaban J connectivity index is 2.90. The predicted molar refractivity (Wildman–Crippen MR) is 60.2 cm³/mol.